The Hall–Kier alpha value is -7.42. The van der Waals surface area contributed by atoms with E-state index in [0.717, 1.165) is 5.56 Å². The number of nitrogens with zero attached hydrogens (tertiary/aromatic N) is 3. The summed E-state index contributed by atoms with van der Waals surface area (Å²) in [4.78, 5) is 40.2. The van der Waals surface area contributed by atoms with E-state index in [1.165, 1.54) is 24.3 Å². The average Bonchev–Trinajstić information content (AvgIpc) is 1.92. The number of nitrogens with one attached hydrogen (secondary N) is 1. The predicted octanol–water partition coefficient (Wildman–Crippen LogP) is 9.99. The number of alkyl halides is 2. The minimum absolute atomic E-state index is 0. The van der Waals surface area contributed by atoms with E-state index in [1.807, 2.05) is 105 Å². The summed E-state index contributed by atoms with van der Waals surface area (Å²) in [6.45, 7) is 7.65. The fraction of sp³-hybridized carbons (Fsp3) is 0.273. The molecule has 6 atom stereocenters. The van der Waals surface area contributed by atoms with Gasteiger partial charge in [0.05, 0.1) is 53.5 Å². The van der Waals surface area contributed by atoms with Crippen LogP contribution in [0, 0.1) is 11.6 Å². The van der Waals surface area contributed by atoms with Gasteiger partial charge in [0.1, 0.15) is 11.6 Å². The van der Waals surface area contributed by atoms with Crippen LogP contribution < -0.4 is 15.5 Å². The summed E-state index contributed by atoms with van der Waals surface area (Å²) in [6, 6.07) is 47.8. The number of hydrogen-bond acceptors (Lipinski definition) is 10. The molecule has 8 aromatic rings. The molecule has 0 aliphatic rings. The second-order valence-corrected chi connectivity index (χ2v) is 20.8. The van der Waals surface area contributed by atoms with E-state index >= 15 is 0 Å². The molecule has 0 bridgehead atoms. The summed E-state index contributed by atoms with van der Waals surface area (Å²) < 4.78 is 61.2. The Bertz CT molecular complexity index is 3500. The van der Waals surface area contributed by atoms with E-state index in [1.54, 1.807) is 77.4 Å². The van der Waals surface area contributed by atoms with E-state index in [4.69, 9.17) is 5.11 Å². The second kappa shape index (κ2) is 31.1. The molecule has 14 nitrogen and oxygen atoms in total. The van der Waals surface area contributed by atoms with E-state index in [-0.39, 0.29) is 81.4 Å². The van der Waals surface area contributed by atoms with Crippen molar-refractivity contribution < 1.29 is 67.7 Å². The summed E-state index contributed by atoms with van der Waals surface area (Å²) in [5.74, 6) is -5.23. The normalized spacial score (nSPS) is 13.6. The number of aliphatic hydroxyl groups excluding tert-OH is 4. The van der Waals surface area contributed by atoms with Crippen LogP contribution in [-0.2, 0) is 22.7 Å². The number of carbonyl (C=O) groups excluding carboxylic acids is 2. The number of amides is 1. The molecule has 85 heavy (non-hydrogen) atoms. The monoisotopic (exact) mass is 1190 g/mol. The van der Waals surface area contributed by atoms with Crippen LogP contribution in [0.1, 0.15) is 92.5 Å². The first-order valence-corrected chi connectivity index (χ1v) is 27.4. The van der Waals surface area contributed by atoms with E-state index < -0.39 is 79.1 Å². The molecule has 0 aliphatic heterocycles. The minimum Gasteiger partial charge on any atom is -0.858 e. The topological polar surface area (TPSA) is 233 Å². The Labute approximate surface area is 520 Å². The van der Waals surface area contributed by atoms with Gasteiger partial charge in [0, 0.05) is 59.2 Å². The summed E-state index contributed by atoms with van der Waals surface area (Å²) in [5.41, 5.74) is 7.87. The third kappa shape index (κ3) is 16.9. The first-order valence-electron chi connectivity index (χ1n) is 27.4. The number of rotatable bonds is 24. The Morgan fingerprint density at radius 3 is 1.29 bits per heavy atom. The van der Waals surface area contributed by atoms with E-state index in [2.05, 4.69) is 10.3 Å². The van der Waals surface area contributed by atoms with Gasteiger partial charge in [-0.3, -0.25) is 14.6 Å². The quantitative estimate of drug-likeness (QED) is 0.0145. The molecule has 0 saturated carbocycles. The summed E-state index contributed by atoms with van der Waals surface area (Å²) >= 11 is 0. The Balaban J connectivity index is 0.000000269. The number of carboxylic acid groups (broad SMARTS) is 2. The number of aromatic nitrogens is 2. The standard InChI is InChI=1S/2C33H34F2N2O5.Ca/c2*1-20(2)31-29(33(42)36-24-11-7-4-8-12-24)28(21-9-5-3-6-10-21)32(22-13-15-23(34)16-14-22)37(31)18-17-25(38)30(35)26(39)19-27(40)41;/h2*3-16,20,25-26,30,38-39H,17-19H2,1-2H3,(H,36,42)(H,40,41);/q;;+2/p-2/t2*25-,26-,30-;/m11./s1. The first kappa shape index (κ1) is 66.7. The number of para-hydroxylation sites is 2. The molecule has 0 aliphatic carbocycles. The van der Waals surface area contributed by atoms with Crippen LogP contribution in [0.15, 0.2) is 175 Å². The number of carboxylic acids is 2. The zero-order chi connectivity index (χ0) is 60.8. The maximum Gasteiger partial charge on any atom is 2.00 e. The van der Waals surface area contributed by atoms with Crippen LogP contribution >= 0.6 is 0 Å². The second-order valence-electron chi connectivity index (χ2n) is 20.8. The minimum atomic E-state index is -2.24. The average molecular weight is 1190 g/mol. The summed E-state index contributed by atoms with van der Waals surface area (Å²) in [7, 11) is 0. The molecule has 8 rings (SSSR count). The molecule has 0 spiro atoms. The Kier molecular flexibility index (Phi) is 24.4. The third-order valence-electron chi connectivity index (χ3n) is 14.0. The molecule has 0 fully saturated rings. The maximum atomic E-state index is 14.8. The van der Waals surface area contributed by atoms with Crippen molar-refractivity contribution in [3.8, 4) is 44.8 Å². The van der Waals surface area contributed by atoms with Crippen molar-refractivity contribution in [2.45, 2.75) is 115 Å². The van der Waals surface area contributed by atoms with Gasteiger partial charge in [-0.1, -0.05) is 125 Å². The number of anilines is 1. The third-order valence-corrected chi connectivity index (χ3v) is 14.0. The number of hydrogen-bond donors (Lipinski definition) is 6. The van der Waals surface area contributed by atoms with Gasteiger partial charge < -0.3 is 55.0 Å². The zero-order valence-electron chi connectivity index (χ0n) is 47.4. The van der Waals surface area contributed by atoms with Gasteiger partial charge in [-0.05, 0) is 126 Å². The molecule has 0 unspecified atom stereocenters. The van der Waals surface area contributed by atoms with Crippen molar-refractivity contribution in [2.24, 2.45) is 4.99 Å². The first-order chi connectivity index (χ1) is 40.2. The molecule has 6 aromatic carbocycles. The van der Waals surface area contributed by atoms with Crippen LogP contribution in [0.3, 0.4) is 0 Å². The molecule has 2 heterocycles. The summed E-state index contributed by atoms with van der Waals surface area (Å²) in [6.07, 6.45) is -13.9. The number of halogens is 4. The van der Waals surface area contributed by atoms with E-state index in [9.17, 15) is 62.6 Å². The molecule has 6 N–H and O–H groups in total. The fourth-order valence-corrected chi connectivity index (χ4v) is 10.3. The smallest absolute Gasteiger partial charge is 0.858 e. The molecular weight excluding hydrogens is 1120 g/mol. The van der Waals surface area contributed by atoms with E-state index in [0.29, 0.717) is 73.1 Å². The molecule has 1 amide bonds. The molecule has 0 saturated heterocycles. The van der Waals surface area contributed by atoms with Crippen molar-refractivity contribution in [2.75, 3.05) is 5.32 Å². The molecule has 0 radical (unpaired) electrons. The van der Waals surface area contributed by atoms with Gasteiger partial charge in [0.2, 0.25) is 0 Å². The van der Waals surface area contributed by atoms with Crippen molar-refractivity contribution in [1.29, 1.82) is 0 Å². The van der Waals surface area contributed by atoms with Crippen LogP contribution in [0.5, 0.6) is 0 Å². The van der Waals surface area contributed by atoms with Gasteiger partial charge in [0.15, 0.2) is 12.3 Å². The van der Waals surface area contributed by atoms with Gasteiger partial charge in [-0.25, -0.2) is 17.6 Å². The largest absolute Gasteiger partial charge is 2.00 e. The number of aliphatic hydroxyl groups is 4. The van der Waals surface area contributed by atoms with Crippen molar-refractivity contribution in [3.05, 3.63) is 204 Å². The Morgan fingerprint density at radius 1 is 0.518 bits per heavy atom. The van der Waals surface area contributed by atoms with Gasteiger partial charge in [-0.2, -0.15) is 0 Å². The molecular formula is C66H66CaF4N4O10. The molecule has 19 heteroatoms. The summed E-state index contributed by atoms with van der Waals surface area (Å²) in [5, 5.41) is 77.8. The number of aliphatic carboxylic acids is 2. The van der Waals surface area contributed by atoms with Gasteiger partial charge in [0.25, 0.3) is 5.91 Å². The van der Waals surface area contributed by atoms with Crippen LogP contribution in [-0.4, -0.2) is 133 Å². The van der Waals surface area contributed by atoms with Crippen molar-refractivity contribution in [1.82, 2.24) is 9.13 Å². The number of benzene rings is 6. The van der Waals surface area contributed by atoms with Crippen molar-refractivity contribution >= 4 is 72.9 Å². The Morgan fingerprint density at radius 2 is 0.894 bits per heavy atom. The van der Waals surface area contributed by atoms with Crippen molar-refractivity contribution in [3.63, 3.8) is 0 Å². The zero-order valence-corrected chi connectivity index (χ0v) is 49.6. The molecule has 2 aromatic heterocycles. The van der Waals surface area contributed by atoms with Gasteiger partial charge in [-0.15, -0.1) is 0 Å². The number of aliphatic imine (C=N–C) groups is 1. The van der Waals surface area contributed by atoms with Crippen LogP contribution in [0.2, 0.25) is 0 Å². The maximum absolute atomic E-state index is 14.8. The SMILES string of the molecule is CC(C)c1c(C(=O)Nc2ccccc2)c(-c2ccccc2)c(-c2ccc(F)cc2)n1CC[C@@H](O)[C@@H](F)[C@H](O)CC(=O)O.CC(C)c1c(C([O-])=Nc2ccccc2)c(-c2ccccc2)c(-c2ccc(F)cc2)n1CC[C@@H](O)[C@@H](F)[C@H](O)CC(=O)[O-].[Ca+2]. The molecule has 440 valence electrons. The van der Waals surface area contributed by atoms with Crippen LogP contribution in [0.4, 0.5) is 28.9 Å². The van der Waals surface area contributed by atoms with Crippen LogP contribution in [0.25, 0.3) is 44.8 Å². The number of carbonyl (C=O) groups is 3. The predicted molar refractivity (Wildman–Crippen MR) is 316 cm³/mol. The van der Waals surface area contributed by atoms with Gasteiger partial charge >= 0.3 is 43.7 Å². The fourth-order valence-electron chi connectivity index (χ4n) is 10.3.